The number of imide groups is 1. The van der Waals surface area contributed by atoms with Crippen molar-refractivity contribution in [3.8, 4) is 11.5 Å². The van der Waals surface area contributed by atoms with Gasteiger partial charge in [0.05, 0.1) is 11.3 Å². The highest BCUT2D eigenvalue weighted by atomic mass is 32.1. The average Bonchev–Trinajstić information content (AvgIpc) is 3.44. The van der Waals surface area contributed by atoms with E-state index in [4.69, 9.17) is 9.47 Å². The Morgan fingerprint density at radius 1 is 0.966 bits per heavy atom. The number of rotatable bonds is 4. The standard InChI is InChI=1S/C21H13FN2O4S/c22-12-3-6-14(7-4-12)24-20(25)18(17-2-1-9-29-17)19(21(24)26)23-13-5-8-15-16(10-13)28-11-27-15/h1-10,23H,11H2. The zero-order valence-electron chi connectivity index (χ0n) is 14.8. The predicted octanol–water partition coefficient (Wildman–Crippen LogP) is 4.01. The second-order valence-corrected chi connectivity index (χ2v) is 7.29. The van der Waals surface area contributed by atoms with Crippen LogP contribution in [0.3, 0.4) is 0 Å². The molecule has 0 radical (unpaired) electrons. The second kappa shape index (κ2) is 6.75. The molecule has 0 aliphatic carbocycles. The summed E-state index contributed by atoms with van der Waals surface area (Å²) in [5.74, 6) is -0.252. The largest absolute Gasteiger partial charge is 0.454 e. The molecular formula is C21H13FN2O4S. The van der Waals surface area contributed by atoms with Crippen LogP contribution in [-0.4, -0.2) is 18.6 Å². The highest BCUT2D eigenvalue weighted by Gasteiger charge is 2.40. The van der Waals surface area contributed by atoms with Crippen LogP contribution in [0, 0.1) is 5.82 Å². The summed E-state index contributed by atoms with van der Waals surface area (Å²) in [7, 11) is 0. The molecule has 0 fully saturated rings. The quantitative estimate of drug-likeness (QED) is 0.661. The van der Waals surface area contributed by atoms with Gasteiger partial charge in [-0.1, -0.05) is 6.07 Å². The number of benzene rings is 2. The molecule has 0 spiro atoms. The van der Waals surface area contributed by atoms with Gasteiger partial charge in [0.25, 0.3) is 11.8 Å². The van der Waals surface area contributed by atoms with E-state index in [2.05, 4.69) is 5.32 Å². The molecule has 2 aliphatic heterocycles. The van der Waals surface area contributed by atoms with Gasteiger partial charge in [-0.2, -0.15) is 0 Å². The lowest BCUT2D eigenvalue weighted by molar-refractivity contribution is -0.120. The molecule has 6 nitrogen and oxygen atoms in total. The van der Waals surface area contributed by atoms with Crippen LogP contribution < -0.4 is 19.7 Å². The minimum Gasteiger partial charge on any atom is -0.454 e. The average molecular weight is 408 g/mol. The molecule has 0 saturated carbocycles. The van der Waals surface area contributed by atoms with Crippen LogP contribution >= 0.6 is 11.3 Å². The number of halogens is 1. The number of nitrogens with one attached hydrogen (secondary N) is 1. The van der Waals surface area contributed by atoms with E-state index < -0.39 is 17.6 Å². The third kappa shape index (κ3) is 2.94. The molecule has 1 N–H and O–H groups in total. The van der Waals surface area contributed by atoms with Gasteiger partial charge in [-0.25, -0.2) is 9.29 Å². The molecule has 2 aromatic carbocycles. The Balaban J connectivity index is 1.56. The molecule has 0 saturated heterocycles. The topological polar surface area (TPSA) is 67.9 Å². The molecule has 1 aromatic heterocycles. The molecule has 0 atom stereocenters. The Labute approximate surface area is 168 Å². The maximum absolute atomic E-state index is 13.3. The zero-order chi connectivity index (χ0) is 20.0. The Hall–Kier alpha value is -3.65. The predicted molar refractivity (Wildman–Crippen MR) is 106 cm³/mol. The Morgan fingerprint density at radius 3 is 2.52 bits per heavy atom. The SMILES string of the molecule is O=C1C(Nc2ccc3c(c2)OCO3)=C(c2cccs2)C(=O)N1c1ccc(F)cc1. The maximum atomic E-state index is 13.3. The molecule has 0 bridgehead atoms. The van der Waals surface area contributed by atoms with Crippen molar-refractivity contribution >= 4 is 40.1 Å². The molecule has 3 heterocycles. The van der Waals surface area contributed by atoms with Crippen molar-refractivity contribution in [2.24, 2.45) is 0 Å². The summed E-state index contributed by atoms with van der Waals surface area (Å²) in [5.41, 5.74) is 1.31. The first-order valence-corrected chi connectivity index (χ1v) is 9.59. The molecule has 2 aliphatic rings. The lowest BCUT2D eigenvalue weighted by Crippen LogP contribution is -2.32. The third-order valence-corrected chi connectivity index (χ3v) is 5.47. The molecule has 3 aromatic rings. The first-order valence-electron chi connectivity index (χ1n) is 8.71. The van der Waals surface area contributed by atoms with Crippen LogP contribution in [-0.2, 0) is 9.59 Å². The van der Waals surface area contributed by atoms with E-state index in [1.54, 1.807) is 24.3 Å². The van der Waals surface area contributed by atoms with E-state index in [0.717, 1.165) is 4.90 Å². The highest BCUT2D eigenvalue weighted by Crippen LogP contribution is 2.38. The first-order chi connectivity index (χ1) is 14.1. The second-order valence-electron chi connectivity index (χ2n) is 6.34. The van der Waals surface area contributed by atoms with E-state index in [-0.39, 0.29) is 18.1 Å². The minimum absolute atomic E-state index is 0.137. The Kier molecular flexibility index (Phi) is 4.06. The fraction of sp³-hybridized carbons (Fsp3) is 0.0476. The van der Waals surface area contributed by atoms with Gasteiger partial charge >= 0.3 is 0 Å². The van der Waals surface area contributed by atoms with Crippen molar-refractivity contribution in [1.82, 2.24) is 0 Å². The van der Waals surface area contributed by atoms with Gasteiger partial charge in [-0.3, -0.25) is 9.59 Å². The monoisotopic (exact) mass is 408 g/mol. The van der Waals surface area contributed by atoms with E-state index in [9.17, 15) is 14.0 Å². The molecule has 2 amide bonds. The van der Waals surface area contributed by atoms with Gasteiger partial charge in [0.2, 0.25) is 6.79 Å². The fourth-order valence-electron chi connectivity index (χ4n) is 3.24. The number of fused-ring (bicyclic) bond motifs is 1. The Morgan fingerprint density at radius 2 is 1.76 bits per heavy atom. The van der Waals surface area contributed by atoms with Crippen molar-refractivity contribution in [2.45, 2.75) is 0 Å². The van der Waals surface area contributed by atoms with Crippen LogP contribution in [0.5, 0.6) is 11.5 Å². The van der Waals surface area contributed by atoms with Gasteiger partial charge < -0.3 is 14.8 Å². The van der Waals surface area contributed by atoms with E-state index >= 15 is 0 Å². The van der Waals surface area contributed by atoms with E-state index in [1.807, 2.05) is 11.4 Å². The van der Waals surface area contributed by atoms with Gasteiger partial charge in [0.1, 0.15) is 11.5 Å². The first kappa shape index (κ1) is 17.4. The van der Waals surface area contributed by atoms with Crippen molar-refractivity contribution in [3.63, 3.8) is 0 Å². The normalized spacial score (nSPS) is 15.4. The number of hydrogen-bond acceptors (Lipinski definition) is 6. The lowest BCUT2D eigenvalue weighted by atomic mass is 10.2. The summed E-state index contributed by atoms with van der Waals surface area (Å²) in [4.78, 5) is 28.1. The van der Waals surface area contributed by atoms with Crippen LogP contribution in [0.25, 0.3) is 5.57 Å². The van der Waals surface area contributed by atoms with E-state index in [1.165, 1.54) is 35.6 Å². The summed E-state index contributed by atoms with van der Waals surface area (Å²) in [6, 6.07) is 14.0. The zero-order valence-corrected chi connectivity index (χ0v) is 15.7. The van der Waals surface area contributed by atoms with Crippen LogP contribution in [0.4, 0.5) is 15.8 Å². The minimum atomic E-state index is -0.511. The molecule has 8 heteroatoms. The van der Waals surface area contributed by atoms with Crippen LogP contribution in [0.2, 0.25) is 0 Å². The number of hydrogen-bond donors (Lipinski definition) is 1. The van der Waals surface area contributed by atoms with E-state index in [0.29, 0.717) is 27.8 Å². The maximum Gasteiger partial charge on any atom is 0.282 e. The summed E-state index contributed by atoms with van der Waals surface area (Å²) in [6.45, 7) is 0.137. The van der Waals surface area contributed by atoms with Crippen LogP contribution in [0.15, 0.2) is 65.7 Å². The molecule has 0 unspecified atom stereocenters. The number of thiophene rings is 1. The van der Waals surface area contributed by atoms with Crippen LogP contribution in [0.1, 0.15) is 4.88 Å². The van der Waals surface area contributed by atoms with Crippen molar-refractivity contribution in [3.05, 3.63) is 76.4 Å². The van der Waals surface area contributed by atoms with Crippen molar-refractivity contribution in [1.29, 1.82) is 0 Å². The molecule has 144 valence electrons. The fourth-order valence-corrected chi connectivity index (χ4v) is 4.01. The van der Waals surface area contributed by atoms with Gasteiger partial charge in [0.15, 0.2) is 11.5 Å². The number of carbonyl (C=O) groups is 2. The van der Waals surface area contributed by atoms with Crippen molar-refractivity contribution in [2.75, 3.05) is 17.0 Å². The molecular weight excluding hydrogens is 395 g/mol. The van der Waals surface area contributed by atoms with Gasteiger partial charge in [0, 0.05) is 16.6 Å². The number of nitrogens with zero attached hydrogens (tertiary/aromatic N) is 1. The summed E-state index contributed by atoms with van der Waals surface area (Å²) >= 11 is 1.36. The highest BCUT2D eigenvalue weighted by molar-refractivity contribution is 7.11. The molecule has 29 heavy (non-hydrogen) atoms. The number of ether oxygens (including phenoxy) is 2. The third-order valence-electron chi connectivity index (χ3n) is 4.58. The van der Waals surface area contributed by atoms with Crippen molar-refractivity contribution < 1.29 is 23.5 Å². The molecule has 5 rings (SSSR count). The van der Waals surface area contributed by atoms with Gasteiger partial charge in [-0.05, 0) is 47.8 Å². The number of anilines is 2. The Bertz CT molecular complexity index is 1160. The summed E-state index contributed by atoms with van der Waals surface area (Å²) in [6.07, 6.45) is 0. The number of carbonyl (C=O) groups excluding carboxylic acids is 2. The summed E-state index contributed by atoms with van der Waals surface area (Å²) in [5, 5.41) is 4.90. The summed E-state index contributed by atoms with van der Waals surface area (Å²) < 4.78 is 24.0. The van der Waals surface area contributed by atoms with Gasteiger partial charge in [-0.15, -0.1) is 11.3 Å². The number of amides is 2. The smallest absolute Gasteiger partial charge is 0.282 e. The lowest BCUT2D eigenvalue weighted by Gasteiger charge is -2.15.